The predicted molar refractivity (Wildman–Crippen MR) is 74.4 cm³/mol. The number of hydrogen-bond donors (Lipinski definition) is 1. The van der Waals surface area contributed by atoms with Crippen molar-refractivity contribution < 1.29 is 9.50 Å². The second-order valence-electron chi connectivity index (χ2n) is 4.16. The average molecular weight is 330 g/mol. The lowest BCUT2D eigenvalue weighted by atomic mass is 10.0. The number of rotatable bonds is 4. The normalized spacial score (nSPS) is 12.7. The molecular formula is C13H13BrFNOS. The molecule has 1 unspecified atom stereocenters. The van der Waals surface area contributed by atoms with Crippen LogP contribution in [-0.2, 0) is 12.8 Å². The van der Waals surface area contributed by atoms with Gasteiger partial charge >= 0.3 is 0 Å². The van der Waals surface area contributed by atoms with Crippen LogP contribution in [-0.4, -0.2) is 16.2 Å². The van der Waals surface area contributed by atoms with Gasteiger partial charge in [0.05, 0.1) is 16.8 Å². The molecule has 0 fully saturated rings. The lowest BCUT2D eigenvalue weighted by Gasteiger charge is -2.10. The van der Waals surface area contributed by atoms with Gasteiger partial charge in [-0.05, 0) is 37.1 Å². The molecular weight excluding hydrogens is 317 g/mol. The first-order chi connectivity index (χ1) is 8.54. The minimum atomic E-state index is -0.551. The summed E-state index contributed by atoms with van der Waals surface area (Å²) in [6.45, 7) is 1.93. The maximum atomic E-state index is 13.1. The van der Waals surface area contributed by atoms with E-state index >= 15 is 0 Å². The second kappa shape index (κ2) is 5.91. The van der Waals surface area contributed by atoms with Crippen molar-refractivity contribution in [2.75, 3.05) is 0 Å². The SMILES string of the molecule is Cc1nc(CC(O)Cc2cc(F)ccc2Br)cs1. The maximum absolute atomic E-state index is 13.1. The molecule has 0 aliphatic rings. The van der Waals surface area contributed by atoms with Gasteiger partial charge in [0.1, 0.15) is 5.82 Å². The molecule has 0 saturated heterocycles. The van der Waals surface area contributed by atoms with Crippen molar-refractivity contribution in [1.82, 2.24) is 4.98 Å². The van der Waals surface area contributed by atoms with Crippen LogP contribution in [0.3, 0.4) is 0 Å². The fraction of sp³-hybridized carbons (Fsp3) is 0.308. The van der Waals surface area contributed by atoms with Gasteiger partial charge in [0.2, 0.25) is 0 Å². The van der Waals surface area contributed by atoms with E-state index in [1.54, 1.807) is 17.4 Å². The standard InChI is InChI=1S/C13H13BrFNOS/c1-8-16-11(7-18-8)6-12(17)5-9-4-10(15)2-3-13(9)14/h2-4,7,12,17H,5-6H2,1H3. The van der Waals surface area contributed by atoms with Gasteiger partial charge in [0, 0.05) is 16.3 Å². The van der Waals surface area contributed by atoms with Gasteiger partial charge in [-0.15, -0.1) is 11.3 Å². The summed E-state index contributed by atoms with van der Waals surface area (Å²) in [6.07, 6.45) is 0.354. The van der Waals surface area contributed by atoms with E-state index in [0.717, 1.165) is 20.7 Å². The molecule has 5 heteroatoms. The smallest absolute Gasteiger partial charge is 0.123 e. The Hall–Kier alpha value is -0.780. The minimum absolute atomic E-state index is 0.287. The highest BCUT2D eigenvalue weighted by atomic mass is 79.9. The Bertz CT molecular complexity index is 544. The lowest BCUT2D eigenvalue weighted by molar-refractivity contribution is 0.174. The van der Waals surface area contributed by atoms with Crippen LogP contribution in [0.5, 0.6) is 0 Å². The summed E-state index contributed by atoms with van der Waals surface area (Å²) in [7, 11) is 0. The van der Waals surface area contributed by atoms with Crippen LogP contribution in [0.25, 0.3) is 0 Å². The Balaban J connectivity index is 2.02. The molecule has 0 spiro atoms. The lowest BCUT2D eigenvalue weighted by Crippen LogP contribution is -2.14. The molecule has 1 N–H and O–H groups in total. The van der Waals surface area contributed by atoms with Crippen LogP contribution < -0.4 is 0 Å². The largest absolute Gasteiger partial charge is 0.392 e. The fourth-order valence-corrected chi connectivity index (χ4v) is 2.80. The number of thiazole rings is 1. The number of benzene rings is 1. The van der Waals surface area contributed by atoms with Crippen LogP contribution in [0.2, 0.25) is 0 Å². The Labute approximate surface area is 118 Å². The average Bonchev–Trinajstić information content (AvgIpc) is 2.69. The van der Waals surface area contributed by atoms with Gasteiger partial charge in [0.15, 0.2) is 0 Å². The summed E-state index contributed by atoms with van der Waals surface area (Å²) in [5.41, 5.74) is 1.66. The van der Waals surface area contributed by atoms with Gasteiger partial charge < -0.3 is 5.11 Å². The first-order valence-electron chi connectivity index (χ1n) is 5.57. The van der Waals surface area contributed by atoms with Gasteiger partial charge in [-0.3, -0.25) is 0 Å². The molecule has 2 rings (SSSR count). The summed E-state index contributed by atoms with van der Waals surface area (Å²) in [5, 5.41) is 12.9. The molecule has 1 aromatic carbocycles. The molecule has 0 aliphatic carbocycles. The van der Waals surface area contributed by atoms with Crippen molar-refractivity contribution >= 4 is 27.3 Å². The Morgan fingerprint density at radius 2 is 2.22 bits per heavy atom. The molecule has 1 heterocycles. The van der Waals surface area contributed by atoms with Gasteiger partial charge in [-0.25, -0.2) is 9.37 Å². The van der Waals surface area contributed by atoms with Crippen LogP contribution in [0.15, 0.2) is 28.1 Å². The summed E-state index contributed by atoms with van der Waals surface area (Å²) in [4.78, 5) is 4.30. The molecule has 2 aromatic rings. The number of aryl methyl sites for hydroxylation is 1. The Morgan fingerprint density at radius 1 is 1.44 bits per heavy atom. The van der Waals surface area contributed by atoms with Crippen molar-refractivity contribution in [1.29, 1.82) is 0 Å². The third-order valence-corrected chi connectivity index (χ3v) is 4.17. The minimum Gasteiger partial charge on any atom is -0.392 e. The predicted octanol–water partition coefficient (Wildman–Crippen LogP) is 3.50. The summed E-state index contributed by atoms with van der Waals surface area (Å²) in [5.74, 6) is -0.287. The quantitative estimate of drug-likeness (QED) is 0.931. The van der Waals surface area contributed by atoms with Gasteiger partial charge in [-0.2, -0.15) is 0 Å². The van der Waals surface area contributed by atoms with Crippen LogP contribution >= 0.6 is 27.3 Å². The highest BCUT2D eigenvalue weighted by molar-refractivity contribution is 9.10. The molecule has 0 amide bonds. The van der Waals surface area contributed by atoms with Crippen molar-refractivity contribution in [3.63, 3.8) is 0 Å². The summed E-state index contributed by atoms with van der Waals surface area (Å²) >= 11 is 4.92. The van der Waals surface area contributed by atoms with Gasteiger partial charge in [-0.1, -0.05) is 15.9 Å². The van der Waals surface area contributed by atoms with E-state index in [1.807, 2.05) is 12.3 Å². The summed E-state index contributed by atoms with van der Waals surface area (Å²) < 4.78 is 13.9. The topological polar surface area (TPSA) is 33.1 Å². The van der Waals surface area contributed by atoms with Crippen molar-refractivity contribution in [2.45, 2.75) is 25.9 Å². The fourth-order valence-electron chi connectivity index (χ4n) is 1.77. The number of aliphatic hydroxyl groups excluding tert-OH is 1. The molecule has 96 valence electrons. The van der Waals surface area contributed by atoms with E-state index in [9.17, 15) is 9.50 Å². The Kier molecular flexibility index (Phi) is 4.48. The van der Waals surface area contributed by atoms with Crippen LogP contribution in [0.4, 0.5) is 4.39 Å². The van der Waals surface area contributed by atoms with Crippen molar-refractivity contribution in [3.05, 3.63) is 50.1 Å². The van der Waals surface area contributed by atoms with E-state index in [4.69, 9.17) is 0 Å². The first kappa shape index (κ1) is 13.6. The zero-order chi connectivity index (χ0) is 13.1. The molecule has 1 atom stereocenters. The molecule has 0 radical (unpaired) electrons. The van der Waals surface area contributed by atoms with Crippen molar-refractivity contribution in [3.8, 4) is 0 Å². The Morgan fingerprint density at radius 3 is 2.89 bits per heavy atom. The van der Waals surface area contributed by atoms with E-state index in [0.29, 0.717) is 12.8 Å². The second-order valence-corrected chi connectivity index (χ2v) is 6.07. The highest BCUT2D eigenvalue weighted by Gasteiger charge is 2.11. The molecule has 0 aliphatic heterocycles. The van der Waals surface area contributed by atoms with E-state index in [2.05, 4.69) is 20.9 Å². The van der Waals surface area contributed by atoms with E-state index in [-0.39, 0.29) is 5.82 Å². The van der Waals surface area contributed by atoms with Gasteiger partial charge in [0.25, 0.3) is 0 Å². The summed E-state index contributed by atoms with van der Waals surface area (Å²) in [6, 6.07) is 4.49. The maximum Gasteiger partial charge on any atom is 0.123 e. The zero-order valence-electron chi connectivity index (χ0n) is 9.86. The highest BCUT2D eigenvalue weighted by Crippen LogP contribution is 2.20. The van der Waals surface area contributed by atoms with E-state index in [1.165, 1.54) is 12.1 Å². The molecule has 1 aromatic heterocycles. The third-order valence-electron chi connectivity index (χ3n) is 2.57. The zero-order valence-corrected chi connectivity index (χ0v) is 12.3. The number of aromatic nitrogens is 1. The molecule has 0 saturated carbocycles. The number of nitrogens with zero attached hydrogens (tertiary/aromatic N) is 1. The van der Waals surface area contributed by atoms with Crippen molar-refractivity contribution in [2.24, 2.45) is 0 Å². The first-order valence-corrected chi connectivity index (χ1v) is 7.25. The molecule has 2 nitrogen and oxygen atoms in total. The van der Waals surface area contributed by atoms with E-state index < -0.39 is 6.10 Å². The molecule has 0 bridgehead atoms. The molecule has 18 heavy (non-hydrogen) atoms. The number of aliphatic hydroxyl groups is 1. The monoisotopic (exact) mass is 329 g/mol. The van der Waals surface area contributed by atoms with Crippen LogP contribution in [0.1, 0.15) is 16.3 Å². The van der Waals surface area contributed by atoms with Crippen LogP contribution in [0, 0.1) is 12.7 Å². The third kappa shape index (κ3) is 3.60. The number of hydrogen-bond acceptors (Lipinski definition) is 3. The number of halogens is 2.